The molecule has 0 unspecified atom stereocenters. The summed E-state index contributed by atoms with van der Waals surface area (Å²) in [7, 11) is 0. The molecule has 1 heterocycles. The van der Waals surface area contributed by atoms with Crippen molar-refractivity contribution in [2.24, 2.45) is 0 Å². The van der Waals surface area contributed by atoms with E-state index < -0.39 is 0 Å². The molecule has 16 heavy (non-hydrogen) atoms. The van der Waals surface area contributed by atoms with Gasteiger partial charge in [0.15, 0.2) is 5.78 Å². The Balaban J connectivity index is 2.40. The van der Waals surface area contributed by atoms with Crippen molar-refractivity contribution >= 4 is 16.6 Å². The largest absolute Gasteiger partial charge is 0.310 e. The Kier molecular flexibility index (Phi) is 3.27. The van der Waals surface area contributed by atoms with E-state index in [4.69, 9.17) is 0 Å². The molecule has 0 fully saturated rings. The van der Waals surface area contributed by atoms with Crippen molar-refractivity contribution in [1.82, 2.24) is 10.3 Å². The highest BCUT2D eigenvalue weighted by Crippen LogP contribution is 2.17. The molecule has 0 bridgehead atoms. The van der Waals surface area contributed by atoms with E-state index in [1.807, 2.05) is 31.2 Å². The van der Waals surface area contributed by atoms with Gasteiger partial charge in [-0.2, -0.15) is 0 Å². The third kappa shape index (κ3) is 2.09. The van der Waals surface area contributed by atoms with Gasteiger partial charge in [0.2, 0.25) is 0 Å². The number of hydrogen-bond donors (Lipinski definition) is 1. The molecular weight excluding hydrogens is 200 g/mol. The van der Waals surface area contributed by atoms with Crippen molar-refractivity contribution in [3.8, 4) is 0 Å². The predicted octanol–water partition coefficient (Wildman–Crippen LogP) is 2.03. The van der Waals surface area contributed by atoms with Crippen LogP contribution in [0, 0.1) is 0 Å². The number of carbonyl (C=O) groups is 1. The first-order valence-corrected chi connectivity index (χ1v) is 5.39. The van der Waals surface area contributed by atoms with E-state index in [0.29, 0.717) is 6.54 Å². The van der Waals surface area contributed by atoms with Gasteiger partial charge in [-0.25, -0.2) is 0 Å². The molecule has 0 aliphatic heterocycles. The predicted molar refractivity (Wildman–Crippen MR) is 64.6 cm³/mol. The summed E-state index contributed by atoms with van der Waals surface area (Å²) in [5.74, 6) is 0.124. The SMILES string of the molecule is CCNCC(=O)c1cccc2cnccc12. The van der Waals surface area contributed by atoms with E-state index >= 15 is 0 Å². The van der Waals surface area contributed by atoms with Crippen molar-refractivity contribution in [2.75, 3.05) is 13.1 Å². The normalized spacial score (nSPS) is 10.6. The maximum atomic E-state index is 11.9. The lowest BCUT2D eigenvalue weighted by Crippen LogP contribution is -2.22. The van der Waals surface area contributed by atoms with E-state index in [0.717, 1.165) is 22.9 Å². The fourth-order valence-corrected chi connectivity index (χ4v) is 1.70. The molecule has 0 saturated carbocycles. The highest BCUT2D eigenvalue weighted by Gasteiger charge is 2.08. The lowest BCUT2D eigenvalue weighted by Gasteiger charge is -2.05. The molecule has 1 aromatic heterocycles. The summed E-state index contributed by atoms with van der Waals surface area (Å²) in [4.78, 5) is 16.0. The molecule has 0 aliphatic rings. The Morgan fingerprint density at radius 3 is 3.06 bits per heavy atom. The first kappa shape index (κ1) is 10.8. The molecule has 2 rings (SSSR count). The number of nitrogens with one attached hydrogen (secondary N) is 1. The van der Waals surface area contributed by atoms with Crippen LogP contribution in [0.15, 0.2) is 36.7 Å². The van der Waals surface area contributed by atoms with Crippen LogP contribution in [0.25, 0.3) is 10.8 Å². The number of hydrogen-bond acceptors (Lipinski definition) is 3. The number of ketones is 1. The number of Topliss-reactive ketones (excluding diaryl/α,β-unsaturated/α-hetero) is 1. The van der Waals surface area contributed by atoms with Gasteiger partial charge in [-0.1, -0.05) is 25.1 Å². The molecule has 2 aromatic rings. The van der Waals surface area contributed by atoms with Crippen molar-refractivity contribution in [3.05, 3.63) is 42.2 Å². The summed E-state index contributed by atoms with van der Waals surface area (Å²) >= 11 is 0. The number of nitrogens with zero attached hydrogens (tertiary/aromatic N) is 1. The molecule has 3 nitrogen and oxygen atoms in total. The Bertz CT molecular complexity index is 503. The maximum Gasteiger partial charge on any atom is 0.177 e. The minimum absolute atomic E-state index is 0.124. The zero-order valence-electron chi connectivity index (χ0n) is 9.23. The second-order valence-corrected chi connectivity index (χ2v) is 3.61. The number of pyridine rings is 1. The van der Waals surface area contributed by atoms with Crippen LogP contribution in [0.4, 0.5) is 0 Å². The summed E-state index contributed by atoms with van der Waals surface area (Å²) in [6.07, 6.45) is 3.49. The number of aromatic nitrogens is 1. The first-order valence-electron chi connectivity index (χ1n) is 5.39. The minimum atomic E-state index is 0.124. The third-order valence-corrected chi connectivity index (χ3v) is 2.52. The van der Waals surface area contributed by atoms with E-state index in [1.165, 1.54) is 0 Å². The molecule has 0 aliphatic carbocycles. The summed E-state index contributed by atoms with van der Waals surface area (Å²) in [5, 5.41) is 5.02. The summed E-state index contributed by atoms with van der Waals surface area (Å²) in [6, 6.07) is 7.60. The van der Waals surface area contributed by atoms with Crippen LogP contribution in [0.5, 0.6) is 0 Å². The van der Waals surface area contributed by atoms with E-state index in [-0.39, 0.29) is 5.78 Å². The molecule has 0 atom stereocenters. The van der Waals surface area contributed by atoms with Crippen LogP contribution in [0.2, 0.25) is 0 Å². The first-order chi connectivity index (χ1) is 7.83. The summed E-state index contributed by atoms with van der Waals surface area (Å²) in [5.41, 5.74) is 0.765. The molecule has 0 saturated heterocycles. The molecule has 1 aromatic carbocycles. The van der Waals surface area contributed by atoms with Gasteiger partial charge in [0, 0.05) is 23.3 Å². The molecule has 0 radical (unpaired) electrons. The van der Waals surface area contributed by atoms with Crippen LogP contribution >= 0.6 is 0 Å². The van der Waals surface area contributed by atoms with Crippen LogP contribution in [-0.4, -0.2) is 23.9 Å². The molecular formula is C13H14N2O. The van der Waals surface area contributed by atoms with E-state index in [2.05, 4.69) is 10.3 Å². The van der Waals surface area contributed by atoms with E-state index in [1.54, 1.807) is 12.4 Å². The van der Waals surface area contributed by atoms with Crippen molar-refractivity contribution in [3.63, 3.8) is 0 Å². The molecule has 0 amide bonds. The molecule has 82 valence electrons. The van der Waals surface area contributed by atoms with Crippen LogP contribution in [0.1, 0.15) is 17.3 Å². The number of fused-ring (bicyclic) bond motifs is 1. The number of carbonyl (C=O) groups excluding carboxylic acids is 1. The monoisotopic (exact) mass is 214 g/mol. The fraction of sp³-hybridized carbons (Fsp3) is 0.231. The summed E-state index contributed by atoms with van der Waals surface area (Å²) in [6.45, 7) is 3.18. The maximum absolute atomic E-state index is 11.9. The quantitative estimate of drug-likeness (QED) is 0.792. The molecule has 1 N–H and O–H groups in total. The Morgan fingerprint density at radius 1 is 1.38 bits per heavy atom. The van der Waals surface area contributed by atoms with Gasteiger partial charge in [0.25, 0.3) is 0 Å². The van der Waals surface area contributed by atoms with Gasteiger partial charge in [0.1, 0.15) is 0 Å². The number of benzene rings is 1. The van der Waals surface area contributed by atoms with Crippen molar-refractivity contribution in [1.29, 1.82) is 0 Å². The average molecular weight is 214 g/mol. The van der Waals surface area contributed by atoms with Gasteiger partial charge < -0.3 is 5.32 Å². The Hall–Kier alpha value is -1.74. The number of likely N-dealkylation sites (N-methyl/N-ethyl adjacent to an activating group) is 1. The van der Waals surface area contributed by atoms with Crippen LogP contribution in [-0.2, 0) is 0 Å². The zero-order chi connectivity index (χ0) is 11.4. The van der Waals surface area contributed by atoms with Gasteiger partial charge in [-0.05, 0) is 18.0 Å². The molecule has 0 spiro atoms. The van der Waals surface area contributed by atoms with Crippen molar-refractivity contribution < 1.29 is 4.79 Å². The van der Waals surface area contributed by atoms with Crippen molar-refractivity contribution in [2.45, 2.75) is 6.92 Å². The highest BCUT2D eigenvalue weighted by molar-refractivity contribution is 6.08. The molecule has 3 heteroatoms. The van der Waals surface area contributed by atoms with Gasteiger partial charge in [-0.3, -0.25) is 9.78 Å². The summed E-state index contributed by atoms with van der Waals surface area (Å²) < 4.78 is 0. The van der Waals surface area contributed by atoms with Gasteiger partial charge in [0.05, 0.1) is 6.54 Å². The lowest BCUT2D eigenvalue weighted by atomic mass is 10.0. The fourth-order valence-electron chi connectivity index (χ4n) is 1.70. The second kappa shape index (κ2) is 4.86. The van der Waals surface area contributed by atoms with Crippen LogP contribution in [0.3, 0.4) is 0 Å². The Labute approximate surface area is 94.5 Å². The standard InChI is InChI=1S/C13H14N2O/c1-2-14-9-13(16)12-5-3-4-10-8-15-7-6-11(10)12/h3-8,14H,2,9H2,1H3. The second-order valence-electron chi connectivity index (χ2n) is 3.61. The van der Waals surface area contributed by atoms with Crippen LogP contribution < -0.4 is 5.32 Å². The minimum Gasteiger partial charge on any atom is -0.310 e. The average Bonchev–Trinajstić information content (AvgIpc) is 2.35. The number of rotatable bonds is 4. The smallest absolute Gasteiger partial charge is 0.177 e. The van der Waals surface area contributed by atoms with E-state index in [9.17, 15) is 4.79 Å². The van der Waals surface area contributed by atoms with Gasteiger partial charge >= 0.3 is 0 Å². The Morgan fingerprint density at radius 2 is 2.25 bits per heavy atom. The topological polar surface area (TPSA) is 42.0 Å². The lowest BCUT2D eigenvalue weighted by molar-refractivity contribution is 0.0993. The third-order valence-electron chi connectivity index (χ3n) is 2.52. The zero-order valence-corrected chi connectivity index (χ0v) is 9.23. The van der Waals surface area contributed by atoms with Gasteiger partial charge in [-0.15, -0.1) is 0 Å². The highest BCUT2D eigenvalue weighted by atomic mass is 16.1.